The molecule has 0 radical (unpaired) electrons. The summed E-state index contributed by atoms with van der Waals surface area (Å²) in [5.74, 6) is 4.19. The van der Waals surface area contributed by atoms with Gasteiger partial charge in [-0.25, -0.2) is 9.37 Å². The van der Waals surface area contributed by atoms with E-state index in [4.69, 9.17) is 28.9 Å². The van der Waals surface area contributed by atoms with Gasteiger partial charge in [-0.15, -0.1) is 0 Å². The molecule has 1 aromatic heterocycles. The van der Waals surface area contributed by atoms with Crippen LogP contribution < -0.4 is 29.2 Å². The van der Waals surface area contributed by atoms with Crippen molar-refractivity contribution < 1.29 is 23.3 Å². The number of benzene rings is 3. The van der Waals surface area contributed by atoms with Gasteiger partial charge in [0.25, 0.3) is 0 Å². The summed E-state index contributed by atoms with van der Waals surface area (Å²) in [4.78, 5) is 14.9. The van der Waals surface area contributed by atoms with Crippen molar-refractivity contribution in [3.8, 4) is 34.1 Å². The van der Waals surface area contributed by atoms with Crippen LogP contribution in [-0.2, 0) is 6.54 Å². The van der Waals surface area contributed by atoms with E-state index in [0.29, 0.717) is 30.7 Å². The van der Waals surface area contributed by atoms with Crippen LogP contribution in [0, 0.1) is 5.82 Å². The summed E-state index contributed by atoms with van der Waals surface area (Å²) in [6.07, 6.45) is 5.51. The standard InChI is InChI=1S/C37H46FN5O4/c1-5-46-33-20-25(21-34(47-6-2)35(33)26-10-12-27(38)13-11-26)24-42-18-14-28(15-19-42)39-37-40-30-23-32(45-4)31(44-3)22-29(30)36(41-37)43-16-8-7-9-17-43/h10-13,20-23,28H,5-9,14-19,24H2,1-4H3,(H,39,40,41). The lowest BCUT2D eigenvalue weighted by atomic mass is 9.99. The molecule has 0 saturated carbocycles. The van der Waals surface area contributed by atoms with Crippen molar-refractivity contribution in [3.63, 3.8) is 0 Å². The van der Waals surface area contributed by atoms with Gasteiger partial charge in [0, 0.05) is 50.2 Å². The Bertz CT molecular complexity index is 1630. The first kappa shape index (κ1) is 32.6. The molecule has 2 aliphatic heterocycles. The summed E-state index contributed by atoms with van der Waals surface area (Å²) in [5, 5.41) is 4.65. The summed E-state index contributed by atoms with van der Waals surface area (Å²) in [6, 6.07) is 14.9. The maximum absolute atomic E-state index is 13.7. The number of rotatable bonds is 12. The summed E-state index contributed by atoms with van der Waals surface area (Å²) in [7, 11) is 3.31. The maximum atomic E-state index is 13.7. The fourth-order valence-electron chi connectivity index (χ4n) is 6.70. The van der Waals surface area contributed by atoms with Crippen molar-refractivity contribution in [1.29, 1.82) is 0 Å². The molecule has 0 aliphatic carbocycles. The number of ether oxygens (including phenoxy) is 4. The number of nitrogens with one attached hydrogen (secondary N) is 1. The van der Waals surface area contributed by atoms with Crippen molar-refractivity contribution in [2.24, 2.45) is 0 Å². The van der Waals surface area contributed by atoms with E-state index in [9.17, 15) is 4.39 Å². The lowest BCUT2D eigenvalue weighted by Crippen LogP contribution is -2.39. The molecule has 9 nitrogen and oxygen atoms in total. The molecule has 4 aromatic rings. The quantitative estimate of drug-likeness (QED) is 0.171. The van der Waals surface area contributed by atoms with Crippen LogP contribution >= 0.6 is 0 Å². The molecule has 2 fully saturated rings. The molecule has 3 aromatic carbocycles. The number of aromatic nitrogens is 2. The van der Waals surface area contributed by atoms with Crippen molar-refractivity contribution >= 4 is 22.7 Å². The Hall–Kier alpha value is -4.31. The van der Waals surface area contributed by atoms with Gasteiger partial charge in [0.1, 0.15) is 23.1 Å². The minimum absolute atomic E-state index is 0.261. The van der Waals surface area contributed by atoms with E-state index in [1.807, 2.05) is 26.0 Å². The van der Waals surface area contributed by atoms with Gasteiger partial charge in [-0.05, 0) is 87.4 Å². The van der Waals surface area contributed by atoms with Gasteiger partial charge >= 0.3 is 0 Å². The Morgan fingerprint density at radius 2 is 1.43 bits per heavy atom. The summed E-state index contributed by atoms with van der Waals surface area (Å²) in [6.45, 7) is 9.62. The molecule has 6 rings (SSSR count). The van der Waals surface area contributed by atoms with Gasteiger partial charge in [0.15, 0.2) is 11.5 Å². The van der Waals surface area contributed by atoms with Crippen LogP contribution in [0.5, 0.6) is 23.0 Å². The van der Waals surface area contributed by atoms with E-state index in [2.05, 4.69) is 27.2 Å². The molecule has 2 saturated heterocycles. The molecular formula is C37H46FN5O4. The lowest BCUT2D eigenvalue weighted by Gasteiger charge is -2.33. The maximum Gasteiger partial charge on any atom is 0.225 e. The Kier molecular flexibility index (Phi) is 10.5. The number of hydrogen-bond donors (Lipinski definition) is 1. The molecule has 0 spiro atoms. The van der Waals surface area contributed by atoms with Gasteiger partial charge < -0.3 is 29.2 Å². The zero-order valence-electron chi connectivity index (χ0n) is 28.0. The zero-order chi connectivity index (χ0) is 32.8. The molecule has 2 aliphatic rings. The van der Waals surface area contributed by atoms with Gasteiger partial charge in [0.2, 0.25) is 5.95 Å². The monoisotopic (exact) mass is 643 g/mol. The predicted molar refractivity (Wildman–Crippen MR) is 185 cm³/mol. The third-order valence-corrected chi connectivity index (χ3v) is 9.02. The minimum Gasteiger partial charge on any atom is -0.493 e. The molecule has 0 bridgehead atoms. The van der Waals surface area contributed by atoms with E-state index >= 15 is 0 Å². The summed E-state index contributed by atoms with van der Waals surface area (Å²) < 4.78 is 37.1. The Labute approximate surface area is 277 Å². The highest BCUT2D eigenvalue weighted by molar-refractivity contribution is 5.93. The van der Waals surface area contributed by atoms with Gasteiger partial charge in [-0.3, -0.25) is 4.90 Å². The number of hydrogen-bond acceptors (Lipinski definition) is 9. The first-order valence-corrected chi connectivity index (χ1v) is 16.9. The Morgan fingerprint density at radius 1 is 0.787 bits per heavy atom. The second kappa shape index (κ2) is 15.1. The second-order valence-corrected chi connectivity index (χ2v) is 12.2. The van der Waals surface area contributed by atoms with Crippen molar-refractivity contribution in [1.82, 2.24) is 14.9 Å². The van der Waals surface area contributed by atoms with E-state index in [1.54, 1.807) is 26.4 Å². The fourth-order valence-corrected chi connectivity index (χ4v) is 6.70. The van der Waals surface area contributed by atoms with E-state index in [0.717, 1.165) is 103 Å². The average Bonchev–Trinajstić information content (AvgIpc) is 3.09. The number of methoxy groups -OCH3 is 2. The smallest absolute Gasteiger partial charge is 0.225 e. The highest BCUT2D eigenvalue weighted by Crippen LogP contribution is 2.41. The molecule has 1 N–H and O–H groups in total. The molecular weight excluding hydrogens is 597 g/mol. The SMILES string of the molecule is CCOc1cc(CN2CCC(Nc3nc(N4CCCCC4)c4cc(OC)c(OC)cc4n3)CC2)cc(OCC)c1-c1ccc(F)cc1. The number of anilines is 2. The largest absolute Gasteiger partial charge is 0.493 e. The number of halogens is 1. The predicted octanol–water partition coefficient (Wildman–Crippen LogP) is 7.32. The van der Waals surface area contributed by atoms with E-state index < -0.39 is 0 Å². The number of piperidine rings is 2. The van der Waals surface area contributed by atoms with Gasteiger partial charge in [0.05, 0.1) is 38.5 Å². The van der Waals surface area contributed by atoms with Crippen molar-refractivity contribution in [2.45, 2.75) is 58.5 Å². The van der Waals surface area contributed by atoms with Gasteiger partial charge in [-0.2, -0.15) is 4.98 Å². The van der Waals surface area contributed by atoms with Crippen molar-refractivity contribution in [3.05, 3.63) is 59.9 Å². The molecule has 47 heavy (non-hydrogen) atoms. The molecule has 0 atom stereocenters. The van der Waals surface area contributed by atoms with Crippen LogP contribution in [0.3, 0.4) is 0 Å². The third-order valence-electron chi connectivity index (χ3n) is 9.02. The highest BCUT2D eigenvalue weighted by Gasteiger charge is 2.24. The van der Waals surface area contributed by atoms with Crippen LogP contribution in [0.4, 0.5) is 16.2 Å². The Morgan fingerprint density at radius 3 is 2.04 bits per heavy atom. The van der Waals surface area contributed by atoms with E-state index in [-0.39, 0.29) is 11.9 Å². The average molecular weight is 644 g/mol. The Balaban J connectivity index is 1.18. The van der Waals surface area contributed by atoms with Crippen molar-refractivity contribution in [2.75, 3.05) is 63.8 Å². The van der Waals surface area contributed by atoms with Crippen LogP contribution in [-0.4, -0.2) is 74.5 Å². The van der Waals surface area contributed by atoms with Crippen LogP contribution in [0.1, 0.15) is 51.5 Å². The lowest BCUT2D eigenvalue weighted by molar-refractivity contribution is 0.210. The topological polar surface area (TPSA) is 81.2 Å². The number of likely N-dealkylation sites (tertiary alicyclic amines) is 1. The zero-order valence-corrected chi connectivity index (χ0v) is 28.0. The van der Waals surface area contributed by atoms with Crippen LogP contribution in [0.2, 0.25) is 0 Å². The third kappa shape index (κ3) is 7.48. The summed E-state index contributed by atoms with van der Waals surface area (Å²) >= 11 is 0. The highest BCUT2D eigenvalue weighted by atomic mass is 19.1. The van der Waals surface area contributed by atoms with Crippen LogP contribution in [0.25, 0.3) is 22.0 Å². The van der Waals surface area contributed by atoms with Gasteiger partial charge in [-0.1, -0.05) is 12.1 Å². The number of nitrogens with zero attached hydrogens (tertiary/aromatic N) is 4. The molecule has 0 amide bonds. The van der Waals surface area contributed by atoms with E-state index in [1.165, 1.54) is 18.6 Å². The van der Waals surface area contributed by atoms with Crippen LogP contribution in [0.15, 0.2) is 48.5 Å². The second-order valence-electron chi connectivity index (χ2n) is 12.2. The molecule has 250 valence electrons. The molecule has 0 unspecified atom stereocenters. The summed E-state index contributed by atoms with van der Waals surface area (Å²) in [5.41, 5.74) is 3.70. The normalized spacial score (nSPS) is 15.9. The molecule has 3 heterocycles. The molecule has 10 heteroatoms. The first-order valence-electron chi connectivity index (χ1n) is 16.9. The first-order chi connectivity index (χ1) is 23.0. The fraction of sp³-hybridized carbons (Fsp3) is 0.459. The number of fused-ring (bicyclic) bond motifs is 1. The minimum atomic E-state index is -0.269.